The molecule has 0 N–H and O–H groups in total. The highest BCUT2D eigenvalue weighted by molar-refractivity contribution is 6.05. The summed E-state index contributed by atoms with van der Waals surface area (Å²) < 4.78 is 0. The molecule has 0 fully saturated rings. The Morgan fingerprint density at radius 2 is 0.765 bits per heavy atom. The Morgan fingerprint density at radius 3 is 1.24 bits per heavy atom. The molecular weight excluding hydrogens is 410 g/mol. The van der Waals surface area contributed by atoms with Crippen LogP contribution in [0.4, 0.5) is 11.4 Å². The van der Waals surface area contributed by atoms with E-state index in [9.17, 15) is 0 Å². The third-order valence-corrected chi connectivity index (χ3v) is 7.60. The Labute approximate surface area is 198 Å². The van der Waals surface area contributed by atoms with Crippen molar-refractivity contribution in [3.8, 4) is 22.3 Å². The van der Waals surface area contributed by atoms with Gasteiger partial charge in [0.05, 0.1) is 17.4 Å². The molecular formula is C33H21N. The van der Waals surface area contributed by atoms with Crippen LogP contribution in [-0.2, 0) is 0 Å². The molecule has 0 radical (unpaired) electrons. The molecule has 0 bridgehead atoms. The first-order valence-electron chi connectivity index (χ1n) is 11.9. The van der Waals surface area contributed by atoms with Gasteiger partial charge in [-0.05, 0) is 68.1 Å². The van der Waals surface area contributed by atoms with Crippen LogP contribution in [0, 0.1) is 0 Å². The van der Waals surface area contributed by atoms with Gasteiger partial charge in [-0.3, -0.25) is 0 Å². The fourth-order valence-corrected chi connectivity index (χ4v) is 6.10. The maximum atomic E-state index is 2.59. The van der Waals surface area contributed by atoms with Gasteiger partial charge < -0.3 is 4.90 Å². The van der Waals surface area contributed by atoms with Crippen LogP contribution in [0.5, 0.6) is 0 Å². The molecule has 0 aromatic heterocycles. The highest BCUT2D eigenvalue weighted by Crippen LogP contribution is 2.57. The number of hydrogen-bond donors (Lipinski definition) is 0. The smallest absolute Gasteiger partial charge is 0.0857 e. The predicted octanol–water partition coefficient (Wildman–Crippen LogP) is 8.88. The minimum atomic E-state index is 0.148. The highest BCUT2D eigenvalue weighted by atomic mass is 15.2. The van der Waals surface area contributed by atoms with E-state index in [2.05, 4.69) is 126 Å². The standard InChI is InChI=1S/C33H21N/c1-3-11-23-19-31-29(17-21(23)9-1)25-13-5-7-15-27(25)33-28-16-8-6-14-26(28)30-18-22-10-2-4-12-24(22)20-32(30)34(31)33/h1-20,33H. The third-order valence-electron chi connectivity index (χ3n) is 7.60. The van der Waals surface area contributed by atoms with E-state index in [1.165, 1.54) is 66.3 Å². The summed E-state index contributed by atoms with van der Waals surface area (Å²) in [7, 11) is 0. The van der Waals surface area contributed by atoms with E-state index in [0.29, 0.717) is 0 Å². The molecule has 1 nitrogen and oxygen atoms in total. The van der Waals surface area contributed by atoms with Crippen LogP contribution in [-0.4, -0.2) is 0 Å². The Morgan fingerprint density at radius 1 is 0.382 bits per heavy atom. The average Bonchev–Trinajstić information content (AvgIpc) is 2.91. The summed E-state index contributed by atoms with van der Waals surface area (Å²) in [5, 5.41) is 5.12. The summed E-state index contributed by atoms with van der Waals surface area (Å²) in [6, 6.07) is 45.0. The topological polar surface area (TPSA) is 3.24 Å². The average molecular weight is 432 g/mol. The molecule has 0 atom stereocenters. The third kappa shape index (κ3) is 2.34. The van der Waals surface area contributed by atoms with Gasteiger partial charge in [-0.1, -0.05) is 97.1 Å². The van der Waals surface area contributed by atoms with Crippen LogP contribution >= 0.6 is 0 Å². The van der Waals surface area contributed by atoms with E-state index in [-0.39, 0.29) is 6.04 Å². The van der Waals surface area contributed by atoms with Crippen molar-refractivity contribution in [2.75, 3.05) is 4.90 Å². The molecule has 6 aromatic rings. The zero-order chi connectivity index (χ0) is 22.2. The van der Waals surface area contributed by atoms with E-state index >= 15 is 0 Å². The van der Waals surface area contributed by atoms with Crippen LogP contribution in [0.2, 0.25) is 0 Å². The maximum absolute atomic E-state index is 2.59. The van der Waals surface area contributed by atoms with Crippen molar-refractivity contribution in [2.45, 2.75) is 6.04 Å². The fraction of sp³-hybridized carbons (Fsp3) is 0.0303. The normalized spacial score (nSPS) is 13.7. The lowest BCUT2D eigenvalue weighted by molar-refractivity contribution is 0.804. The fourth-order valence-electron chi connectivity index (χ4n) is 6.10. The minimum Gasteiger partial charge on any atom is -0.329 e. The molecule has 1 heteroatoms. The number of fused-ring (bicyclic) bond motifs is 13. The lowest BCUT2D eigenvalue weighted by Crippen LogP contribution is -2.32. The maximum Gasteiger partial charge on any atom is 0.0857 e. The molecule has 34 heavy (non-hydrogen) atoms. The van der Waals surface area contributed by atoms with E-state index in [1.54, 1.807) is 0 Å². The van der Waals surface area contributed by atoms with Gasteiger partial charge in [-0.25, -0.2) is 0 Å². The predicted molar refractivity (Wildman–Crippen MR) is 143 cm³/mol. The van der Waals surface area contributed by atoms with Crippen LogP contribution in [0.25, 0.3) is 43.8 Å². The van der Waals surface area contributed by atoms with Crippen LogP contribution in [0.15, 0.2) is 121 Å². The summed E-state index contributed by atoms with van der Waals surface area (Å²) >= 11 is 0. The van der Waals surface area contributed by atoms with Gasteiger partial charge in [0.25, 0.3) is 0 Å². The van der Waals surface area contributed by atoms with E-state index in [4.69, 9.17) is 0 Å². The summed E-state index contributed by atoms with van der Waals surface area (Å²) in [6.07, 6.45) is 0. The van der Waals surface area contributed by atoms with Gasteiger partial charge in [0, 0.05) is 11.1 Å². The molecule has 2 aliphatic rings. The van der Waals surface area contributed by atoms with Crippen LogP contribution in [0.1, 0.15) is 17.2 Å². The van der Waals surface area contributed by atoms with E-state index in [0.717, 1.165) is 0 Å². The Kier molecular flexibility index (Phi) is 3.51. The zero-order valence-electron chi connectivity index (χ0n) is 18.6. The van der Waals surface area contributed by atoms with Gasteiger partial charge in [0.1, 0.15) is 0 Å². The molecule has 0 saturated carbocycles. The Bertz CT molecular complexity index is 1650. The molecule has 0 saturated heterocycles. The quantitative estimate of drug-likeness (QED) is 0.232. The summed E-state index contributed by atoms with van der Waals surface area (Å²) in [6.45, 7) is 0. The van der Waals surface area contributed by atoms with Crippen molar-refractivity contribution in [3.63, 3.8) is 0 Å². The highest BCUT2D eigenvalue weighted by Gasteiger charge is 2.38. The van der Waals surface area contributed by atoms with Gasteiger partial charge in [0.2, 0.25) is 0 Å². The molecule has 2 heterocycles. The van der Waals surface area contributed by atoms with Gasteiger partial charge in [-0.2, -0.15) is 0 Å². The number of rotatable bonds is 0. The zero-order valence-corrected chi connectivity index (χ0v) is 18.6. The lowest BCUT2D eigenvalue weighted by Gasteiger charge is -2.45. The van der Waals surface area contributed by atoms with Crippen molar-refractivity contribution in [3.05, 3.63) is 132 Å². The molecule has 0 amide bonds. The van der Waals surface area contributed by atoms with E-state index in [1.807, 2.05) is 0 Å². The van der Waals surface area contributed by atoms with Crippen molar-refractivity contribution < 1.29 is 0 Å². The Balaban J connectivity index is 1.54. The molecule has 2 aliphatic heterocycles. The summed E-state index contributed by atoms with van der Waals surface area (Å²) in [5.74, 6) is 0. The van der Waals surface area contributed by atoms with Crippen molar-refractivity contribution in [2.24, 2.45) is 0 Å². The molecule has 0 unspecified atom stereocenters. The number of anilines is 2. The Hall–Kier alpha value is -4.36. The molecule has 158 valence electrons. The van der Waals surface area contributed by atoms with Gasteiger partial charge in [0.15, 0.2) is 0 Å². The first-order chi connectivity index (χ1) is 16.9. The molecule has 0 aliphatic carbocycles. The lowest BCUT2D eigenvalue weighted by atomic mass is 9.78. The van der Waals surface area contributed by atoms with Crippen molar-refractivity contribution in [1.82, 2.24) is 0 Å². The molecule has 6 aromatic carbocycles. The molecule has 0 spiro atoms. The second kappa shape index (κ2) is 6.59. The minimum absolute atomic E-state index is 0.148. The largest absolute Gasteiger partial charge is 0.329 e. The number of nitrogens with zero attached hydrogens (tertiary/aromatic N) is 1. The van der Waals surface area contributed by atoms with Gasteiger partial charge in [-0.15, -0.1) is 0 Å². The van der Waals surface area contributed by atoms with Crippen LogP contribution in [0.3, 0.4) is 0 Å². The van der Waals surface area contributed by atoms with Crippen molar-refractivity contribution >= 4 is 32.9 Å². The summed E-state index contributed by atoms with van der Waals surface area (Å²) in [4.78, 5) is 2.59. The SMILES string of the molecule is c1ccc2c(c1)-c1cc3ccccc3cc1N1c3cc4ccccc4cc3-c3ccccc3C21. The summed E-state index contributed by atoms with van der Waals surface area (Å²) in [5.41, 5.74) is 10.6. The first kappa shape index (κ1) is 18.1. The van der Waals surface area contributed by atoms with Crippen molar-refractivity contribution in [1.29, 1.82) is 0 Å². The van der Waals surface area contributed by atoms with Crippen LogP contribution < -0.4 is 4.90 Å². The monoisotopic (exact) mass is 431 g/mol. The second-order valence-electron chi connectivity index (χ2n) is 9.38. The van der Waals surface area contributed by atoms with E-state index < -0.39 is 0 Å². The number of benzene rings is 6. The van der Waals surface area contributed by atoms with Gasteiger partial charge >= 0.3 is 0 Å². The second-order valence-corrected chi connectivity index (χ2v) is 9.38. The molecule has 8 rings (SSSR count). The first-order valence-corrected chi connectivity index (χ1v) is 11.9. The number of hydrogen-bond acceptors (Lipinski definition) is 1.